The van der Waals surface area contributed by atoms with Crippen molar-refractivity contribution in [3.8, 4) is 0 Å². The molecule has 0 rings (SSSR count). The number of nitrogens with two attached hydrogens (primary N) is 2. The van der Waals surface area contributed by atoms with E-state index >= 15 is 0 Å². The Kier molecular flexibility index (Phi) is 97.8. The van der Waals surface area contributed by atoms with Gasteiger partial charge in [0, 0.05) is 27.7 Å². The second kappa shape index (κ2) is 45.9. The zero-order chi connectivity index (χ0) is 18.6. The molecular formula is C10H26K4N2O8. The van der Waals surface area contributed by atoms with Crippen LogP contribution in [-0.4, -0.2) is 254 Å². The van der Waals surface area contributed by atoms with E-state index in [4.69, 9.17) is 51.1 Å². The zero-order valence-electron chi connectivity index (χ0n) is 12.9. The molecule has 1 unspecified atom stereocenters. The van der Waals surface area contributed by atoms with Gasteiger partial charge < -0.3 is 20.4 Å². The van der Waals surface area contributed by atoms with Crippen molar-refractivity contribution in [1.29, 1.82) is 0 Å². The molecule has 0 spiro atoms. The predicted molar refractivity (Wildman–Crippen MR) is 97.5 cm³/mol. The molecule has 10 nitrogen and oxygen atoms in total. The summed E-state index contributed by atoms with van der Waals surface area (Å²) in [4.78, 5) is 36.0. The van der Waals surface area contributed by atoms with Crippen LogP contribution in [0.25, 0.3) is 0 Å². The molecule has 0 saturated heterocycles. The second-order valence-electron chi connectivity index (χ2n) is 3.29. The number of carboxylic acids is 4. The van der Waals surface area contributed by atoms with Gasteiger partial charge in [0.15, 0.2) is 0 Å². The van der Waals surface area contributed by atoms with Crippen LogP contribution in [0.1, 0.15) is 27.7 Å². The second-order valence-corrected chi connectivity index (χ2v) is 5.61. The van der Waals surface area contributed by atoms with Crippen LogP contribution >= 0.6 is 0 Å². The van der Waals surface area contributed by atoms with E-state index in [0.717, 1.165) is 76.6 Å². The van der Waals surface area contributed by atoms with Crippen LogP contribution in [0.5, 0.6) is 0 Å². The summed E-state index contributed by atoms with van der Waals surface area (Å²) in [5.74, 6) is -3.33. The molecule has 0 aliphatic heterocycles. The summed E-state index contributed by atoms with van der Waals surface area (Å²) in [5.41, 5.74) is 10.3. The van der Waals surface area contributed by atoms with Crippen molar-refractivity contribution in [1.82, 2.24) is 0 Å². The van der Waals surface area contributed by atoms with E-state index in [2.05, 4.69) is 0 Å². The molecule has 0 heterocycles. The number of hydrogen-bond donors (Lipinski definition) is 6. The van der Waals surface area contributed by atoms with Gasteiger partial charge in [-0.15, -0.1) is 0 Å². The molecule has 0 aliphatic rings. The van der Waals surface area contributed by atoms with Crippen molar-refractivity contribution in [2.75, 3.05) is 6.54 Å². The van der Waals surface area contributed by atoms with Gasteiger partial charge in [-0.1, -0.05) is 0 Å². The molecule has 0 amide bonds. The zero-order valence-corrected chi connectivity index (χ0v) is 16.0. The van der Waals surface area contributed by atoms with Crippen molar-refractivity contribution >= 4 is 227 Å². The molecule has 0 radical (unpaired) electrons. The Hall–Kier alpha value is 4.35. The first-order chi connectivity index (χ1) is 9.20. The maximum absolute atomic E-state index is 9.00. The Morgan fingerprint density at radius 2 is 0.792 bits per heavy atom. The summed E-state index contributed by atoms with van der Waals surface area (Å²) in [5, 5.41) is 29.7. The number of carbonyl (C=O) groups is 4. The van der Waals surface area contributed by atoms with Crippen LogP contribution in [0.2, 0.25) is 0 Å². The maximum atomic E-state index is 9.00. The molecule has 14 heteroatoms. The third kappa shape index (κ3) is 420. The van der Waals surface area contributed by atoms with Crippen LogP contribution in [0.4, 0.5) is 0 Å². The van der Waals surface area contributed by atoms with Crippen LogP contribution < -0.4 is 11.5 Å². The normalized spacial score (nSPS) is 7.33. The molecule has 0 aromatic rings. The number of hydrogen-bond acceptors (Lipinski definition) is 6. The monoisotopic (exact) mass is 458 g/mol. The molecule has 0 aliphatic carbocycles. The summed E-state index contributed by atoms with van der Waals surface area (Å²) >= 11 is 0.724. The Balaban J connectivity index is -0.0000000216. The summed E-state index contributed by atoms with van der Waals surface area (Å²) in [7, 11) is 0. The fourth-order valence-corrected chi connectivity index (χ4v) is 0. The van der Waals surface area contributed by atoms with Crippen molar-refractivity contribution in [3.63, 3.8) is 0 Å². The van der Waals surface area contributed by atoms with E-state index in [9.17, 15) is 0 Å². The minimum atomic E-state index is -0.833. The van der Waals surface area contributed by atoms with Gasteiger partial charge >= 0.3 is 221 Å². The first-order valence-corrected chi connectivity index (χ1v) is 7.24. The molecule has 0 bridgehead atoms. The number of rotatable bonds is 1. The van der Waals surface area contributed by atoms with E-state index < -0.39 is 23.9 Å². The number of carboxylic acid groups (broad SMARTS) is 4. The molecule has 128 valence electrons. The van der Waals surface area contributed by atoms with E-state index in [1.54, 1.807) is 0 Å². The third-order valence-electron chi connectivity index (χ3n) is 0.372. The van der Waals surface area contributed by atoms with Crippen LogP contribution in [0, 0.1) is 0 Å². The molecule has 24 heavy (non-hydrogen) atoms. The Labute approximate surface area is 303 Å². The Bertz CT molecular complexity index is 230. The molecule has 1 atom stereocenters. The average Bonchev–Trinajstić information content (AvgIpc) is 2.13. The van der Waals surface area contributed by atoms with E-state index in [1.165, 1.54) is 0 Å². The van der Waals surface area contributed by atoms with Crippen molar-refractivity contribution in [2.45, 2.75) is 27.8 Å². The van der Waals surface area contributed by atoms with E-state index in [-0.39, 0.29) is 154 Å². The fourth-order valence-electron chi connectivity index (χ4n) is 0. The molecule has 8 N–H and O–H groups in total. The van der Waals surface area contributed by atoms with Gasteiger partial charge in [0.25, 0.3) is 23.9 Å². The third-order valence-corrected chi connectivity index (χ3v) is 1.11. The predicted octanol–water partition coefficient (Wildman–Crippen LogP) is -3.18. The van der Waals surface area contributed by atoms with Gasteiger partial charge in [0.2, 0.25) is 0 Å². The number of aliphatic carboxylic acids is 4. The van der Waals surface area contributed by atoms with Gasteiger partial charge in [-0.25, -0.2) is 0 Å². The van der Waals surface area contributed by atoms with Crippen molar-refractivity contribution < 1.29 is 39.6 Å². The van der Waals surface area contributed by atoms with Gasteiger partial charge in [0.05, 0.1) is 0 Å². The summed E-state index contributed by atoms with van der Waals surface area (Å²) in [6, 6.07) is 0. The molecule has 0 saturated carbocycles. The van der Waals surface area contributed by atoms with Crippen molar-refractivity contribution in [2.24, 2.45) is 11.5 Å². The van der Waals surface area contributed by atoms with Gasteiger partial charge in [-0.2, -0.15) is 0 Å². The SMILES string of the molecule is CC(=O)O.CC(=O)O.CC(=O)O.CC(=O)O.NC[CH](N)[K].[KH].[KH].[KH]. The van der Waals surface area contributed by atoms with Crippen LogP contribution in [0.15, 0.2) is 0 Å². The Morgan fingerprint density at radius 3 is 0.792 bits per heavy atom. The van der Waals surface area contributed by atoms with Crippen LogP contribution in [-0.2, 0) is 19.2 Å². The minimum absolute atomic E-state index is 0. The van der Waals surface area contributed by atoms with Gasteiger partial charge in [-0.3, -0.25) is 19.2 Å². The molecule has 0 aromatic carbocycles. The molecule has 0 aromatic heterocycles. The first-order valence-electron chi connectivity index (χ1n) is 5.44. The van der Waals surface area contributed by atoms with Crippen LogP contribution in [0.3, 0.4) is 0 Å². The van der Waals surface area contributed by atoms with Gasteiger partial charge in [0.1, 0.15) is 0 Å². The van der Waals surface area contributed by atoms with Crippen molar-refractivity contribution in [3.05, 3.63) is 0 Å². The standard InChI is InChI=1S/C2H7N2.4C2H4O2.4K.3H/c3-1-2-4;4*1-2(3)4;;;;;;;/h1H,2-4H2;4*1H3,(H,3,4);;;;;;;. The molecule has 0 fully saturated rings. The van der Waals surface area contributed by atoms with E-state index in [1.807, 2.05) is 0 Å². The van der Waals surface area contributed by atoms with Gasteiger partial charge in [-0.05, 0) is 0 Å². The topological polar surface area (TPSA) is 201 Å². The summed E-state index contributed by atoms with van der Waals surface area (Å²) < 4.78 is 0.350. The average molecular weight is 459 g/mol. The first kappa shape index (κ1) is 51.2. The van der Waals surface area contributed by atoms with E-state index in [0.29, 0.717) is 6.68 Å². The summed E-state index contributed by atoms with van der Waals surface area (Å²) in [6.45, 7) is 5.00. The quantitative estimate of drug-likeness (QED) is 0.217. The summed E-state index contributed by atoms with van der Waals surface area (Å²) in [6.07, 6.45) is 0. The molecular weight excluding hydrogens is 433 g/mol. The fraction of sp³-hybridized carbons (Fsp3) is 0.600. The Morgan fingerprint density at radius 1 is 0.750 bits per heavy atom.